The largest absolute Gasteiger partial charge is 0.393 e. The van der Waals surface area contributed by atoms with Crippen molar-refractivity contribution >= 4 is 0 Å². The van der Waals surface area contributed by atoms with E-state index in [1.807, 2.05) is 0 Å². The highest BCUT2D eigenvalue weighted by atomic mass is 16.5. The summed E-state index contributed by atoms with van der Waals surface area (Å²) in [4.78, 5) is 0. The first-order chi connectivity index (χ1) is 6.94. The van der Waals surface area contributed by atoms with Crippen LogP contribution in [0.5, 0.6) is 0 Å². The van der Waals surface area contributed by atoms with Gasteiger partial charge in [0.2, 0.25) is 0 Å². The molecule has 0 heterocycles. The molecule has 2 heteroatoms. The van der Waals surface area contributed by atoms with Gasteiger partial charge in [0.05, 0.1) is 11.7 Å². The van der Waals surface area contributed by atoms with Gasteiger partial charge < -0.3 is 9.84 Å². The van der Waals surface area contributed by atoms with E-state index < -0.39 is 0 Å². The number of ether oxygens (including phenoxy) is 1. The Morgan fingerprint density at radius 1 is 1.40 bits per heavy atom. The van der Waals surface area contributed by atoms with E-state index >= 15 is 0 Å². The average Bonchev–Trinajstić information content (AvgIpc) is 2.61. The third kappa shape index (κ3) is 4.12. The van der Waals surface area contributed by atoms with Crippen LogP contribution in [0.15, 0.2) is 0 Å². The first-order valence-corrected chi connectivity index (χ1v) is 6.18. The van der Waals surface area contributed by atoms with Crippen LogP contribution in [0.3, 0.4) is 0 Å². The molecule has 0 aliphatic heterocycles. The van der Waals surface area contributed by atoms with Crippen LogP contribution in [0.4, 0.5) is 0 Å². The minimum absolute atomic E-state index is 0.0921. The molecule has 3 atom stereocenters. The molecule has 0 saturated heterocycles. The maximum atomic E-state index is 10.1. The van der Waals surface area contributed by atoms with Gasteiger partial charge in [-0.15, -0.1) is 0 Å². The normalized spacial score (nSPS) is 29.4. The summed E-state index contributed by atoms with van der Waals surface area (Å²) in [7, 11) is 1.74. The summed E-state index contributed by atoms with van der Waals surface area (Å²) < 4.78 is 5.36. The van der Waals surface area contributed by atoms with Crippen LogP contribution in [-0.2, 0) is 4.74 Å². The number of aliphatic hydroxyl groups is 1. The number of rotatable bonds is 5. The van der Waals surface area contributed by atoms with Crippen LogP contribution in [0.25, 0.3) is 0 Å². The lowest BCUT2D eigenvalue weighted by molar-refractivity contribution is -0.00391. The lowest BCUT2D eigenvalue weighted by atomic mass is 9.92. The van der Waals surface area contributed by atoms with E-state index in [9.17, 15) is 5.11 Å². The van der Waals surface area contributed by atoms with E-state index in [0.29, 0.717) is 5.92 Å². The molecular weight excluding hydrogens is 188 g/mol. The molecule has 0 aromatic heterocycles. The van der Waals surface area contributed by atoms with Crippen LogP contribution in [0.1, 0.15) is 52.9 Å². The molecular formula is C13H26O2. The third-order valence-electron chi connectivity index (χ3n) is 3.87. The predicted molar refractivity (Wildman–Crippen MR) is 62.8 cm³/mol. The highest BCUT2D eigenvalue weighted by Crippen LogP contribution is 2.34. The first kappa shape index (κ1) is 13.0. The topological polar surface area (TPSA) is 29.5 Å². The zero-order valence-electron chi connectivity index (χ0n) is 10.6. The Morgan fingerprint density at radius 3 is 2.53 bits per heavy atom. The van der Waals surface area contributed by atoms with E-state index in [1.54, 1.807) is 7.11 Å². The van der Waals surface area contributed by atoms with Crippen molar-refractivity contribution in [1.29, 1.82) is 0 Å². The van der Waals surface area contributed by atoms with Gasteiger partial charge >= 0.3 is 0 Å². The van der Waals surface area contributed by atoms with Crippen molar-refractivity contribution in [2.45, 2.75) is 64.6 Å². The maximum Gasteiger partial charge on any atom is 0.0623 e. The summed E-state index contributed by atoms with van der Waals surface area (Å²) in [6, 6.07) is 0. The molecule has 15 heavy (non-hydrogen) atoms. The van der Waals surface area contributed by atoms with Gasteiger partial charge in [-0.2, -0.15) is 0 Å². The van der Waals surface area contributed by atoms with Gasteiger partial charge in [0.25, 0.3) is 0 Å². The number of methoxy groups -OCH3 is 1. The third-order valence-corrected chi connectivity index (χ3v) is 3.87. The molecule has 0 bridgehead atoms. The zero-order valence-corrected chi connectivity index (χ0v) is 10.6. The standard InChI is InChI=1S/C13H26O2/c1-10-5-6-11(9-10)12(14)7-8-13(2,3)15-4/h10-12,14H,5-9H2,1-4H3. The smallest absolute Gasteiger partial charge is 0.0623 e. The van der Waals surface area contributed by atoms with Gasteiger partial charge in [-0.05, 0) is 51.4 Å². The fraction of sp³-hybridized carbons (Fsp3) is 1.00. The van der Waals surface area contributed by atoms with E-state index in [0.717, 1.165) is 18.8 Å². The molecule has 1 aliphatic rings. The fourth-order valence-corrected chi connectivity index (χ4v) is 2.43. The Balaban J connectivity index is 2.27. The van der Waals surface area contributed by atoms with Crippen LogP contribution >= 0.6 is 0 Å². The van der Waals surface area contributed by atoms with Gasteiger partial charge in [-0.1, -0.05) is 13.3 Å². The second kappa shape index (κ2) is 5.31. The molecule has 1 saturated carbocycles. The van der Waals surface area contributed by atoms with Gasteiger partial charge in [-0.3, -0.25) is 0 Å². The Kier molecular flexibility index (Phi) is 4.60. The first-order valence-electron chi connectivity index (χ1n) is 6.18. The van der Waals surface area contributed by atoms with Crippen molar-refractivity contribution in [2.24, 2.45) is 11.8 Å². The van der Waals surface area contributed by atoms with Gasteiger partial charge in [-0.25, -0.2) is 0 Å². The molecule has 1 fully saturated rings. The van der Waals surface area contributed by atoms with Crippen LogP contribution < -0.4 is 0 Å². The highest BCUT2D eigenvalue weighted by molar-refractivity contribution is 4.80. The lowest BCUT2D eigenvalue weighted by Crippen LogP contribution is -2.27. The summed E-state index contributed by atoms with van der Waals surface area (Å²) in [5.41, 5.74) is -0.0921. The number of hydrogen-bond donors (Lipinski definition) is 1. The van der Waals surface area contributed by atoms with Crippen LogP contribution in [-0.4, -0.2) is 23.9 Å². The van der Waals surface area contributed by atoms with Crippen LogP contribution in [0.2, 0.25) is 0 Å². The summed E-state index contributed by atoms with van der Waals surface area (Å²) in [6.45, 7) is 6.44. The number of hydrogen-bond acceptors (Lipinski definition) is 2. The highest BCUT2D eigenvalue weighted by Gasteiger charge is 2.28. The Morgan fingerprint density at radius 2 is 2.07 bits per heavy atom. The molecule has 0 aromatic carbocycles. The van der Waals surface area contributed by atoms with E-state index in [4.69, 9.17) is 4.74 Å². The van der Waals surface area contributed by atoms with Crippen molar-refractivity contribution in [3.8, 4) is 0 Å². The summed E-state index contributed by atoms with van der Waals surface area (Å²) in [5.74, 6) is 1.34. The van der Waals surface area contributed by atoms with Crippen molar-refractivity contribution in [3.63, 3.8) is 0 Å². The summed E-state index contributed by atoms with van der Waals surface area (Å²) >= 11 is 0. The lowest BCUT2D eigenvalue weighted by Gasteiger charge is -2.26. The second-order valence-corrected chi connectivity index (χ2v) is 5.75. The summed E-state index contributed by atoms with van der Waals surface area (Å²) in [6.07, 6.45) is 5.39. The molecule has 1 rings (SSSR count). The molecule has 3 unspecified atom stereocenters. The molecule has 0 amide bonds. The van der Waals surface area contributed by atoms with Crippen molar-refractivity contribution < 1.29 is 9.84 Å². The second-order valence-electron chi connectivity index (χ2n) is 5.75. The molecule has 1 aliphatic carbocycles. The molecule has 1 N–H and O–H groups in total. The minimum Gasteiger partial charge on any atom is -0.393 e. The minimum atomic E-state index is -0.121. The van der Waals surface area contributed by atoms with Crippen molar-refractivity contribution in [3.05, 3.63) is 0 Å². The Labute approximate surface area is 94.0 Å². The zero-order chi connectivity index (χ0) is 11.5. The van der Waals surface area contributed by atoms with E-state index in [-0.39, 0.29) is 11.7 Å². The molecule has 2 nitrogen and oxygen atoms in total. The molecule has 0 aromatic rings. The molecule has 0 spiro atoms. The van der Waals surface area contributed by atoms with Crippen molar-refractivity contribution in [2.75, 3.05) is 7.11 Å². The maximum absolute atomic E-state index is 10.1. The average molecular weight is 214 g/mol. The number of aliphatic hydroxyl groups excluding tert-OH is 1. The quantitative estimate of drug-likeness (QED) is 0.762. The summed E-state index contributed by atoms with van der Waals surface area (Å²) in [5, 5.41) is 10.1. The monoisotopic (exact) mass is 214 g/mol. The Bertz CT molecular complexity index is 189. The Hall–Kier alpha value is -0.0800. The van der Waals surface area contributed by atoms with Gasteiger partial charge in [0, 0.05) is 7.11 Å². The van der Waals surface area contributed by atoms with Gasteiger partial charge in [0.15, 0.2) is 0 Å². The van der Waals surface area contributed by atoms with E-state index in [1.165, 1.54) is 19.3 Å². The van der Waals surface area contributed by atoms with Crippen LogP contribution in [0, 0.1) is 11.8 Å². The fourth-order valence-electron chi connectivity index (χ4n) is 2.43. The predicted octanol–water partition coefficient (Wildman–Crippen LogP) is 2.99. The van der Waals surface area contributed by atoms with Crippen molar-refractivity contribution in [1.82, 2.24) is 0 Å². The van der Waals surface area contributed by atoms with E-state index in [2.05, 4.69) is 20.8 Å². The van der Waals surface area contributed by atoms with Gasteiger partial charge in [0.1, 0.15) is 0 Å². The molecule has 0 radical (unpaired) electrons. The SMILES string of the molecule is COC(C)(C)CCC(O)C1CCC(C)C1. The molecule has 90 valence electrons.